The van der Waals surface area contributed by atoms with Crippen LogP contribution in [0.1, 0.15) is 28.3 Å². The highest BCUT2D eigenvalue weighted by Gasteiger charge is 2.34. The van der Waals surface area contributed by atoms with Crippen molar-refractivity contribution in [2.45, 2.75) is 19.1 Å². The number of nitrogens with two attached hydrogens (primary N) is 1. The number of hydrogen-bond donors (Lipinski definition) is 2. The number of pyridine rings is 1. The maximum Gasteiger partial charge on any atom is 0.256 e. The molecular formula is C29H22N6O3. The average Bonchev–Trinajstić information content (AvgIpc) is 3.39. The van der Waals surface area contributed by atoms with Gasteiger partial charge in [0, 0.05) is 5.39 Å². The Morgan fingerprint density at radius 3 is 2.74 bits per heavy atom. The topological polar surface area (TPSA) is 132 Å². The molecule has 0 aliphatic carbocycles. The van der Waals surface area contributed by atoms with Crippen LogP contribution in [0.2, 0.25) is 0 Å². The van der Waals surface area contributed by atoms with Crippen molar-refractivity contribution in [3.05, 3.63) is 129 Å². The summed E-state index contributed by atoms with van der Waals surface area (Å²) in [5.41, 5.74) is 9.43. The van der Waals surface area contributed by atoms with Gasteiger partial charge in [0.15, 0.2) is 0 Å². The van der Waals surface area contributed by atoms with Crippen LogP contribution in [0.5, 0.6) is 11.5 Å². The van der Waals surface area contributed by atoms with Crippen molar-refractivity contribution in [3.8, 4) is 17.6 Å². The Balaban J connectivity index is 1.29. The first-order chi connectivity index (χ1) is 18.6. The van der Waals surface area contributed by atoms with E-state index in [9.17, 15) is 10.1 Å². The zero-order valence-corrected chi connectivity index (χ0v) is 20.2. The highest BCUT2D eigenvalue weighted by atomic mass is 16.5. The van der Waals surface area contributed by atoms with Gasteiger partial charge in [-0.25, -0.2) is 4.68 Å². The smallest absolute Gasteiger partial charge is 0.256 e. The van der Waals surface area contributed by atoms with Gasteiger partial charge in [-0.05, 0) is 35.4 Å². The van der Waals surface area contributed by atoms with Crippen LogP contribution in [0, 0.1) is 11.3 Å². The fraction of sp³-hybridized carbons (Fsp3) is 0.103. The third-order valence-corrected chi connectivity index (χ3v) is 6.44. The highest BCUT2D eigenvalue weighted by molar-refractivity contribution is 5.87. The number of fused-ring (bicyclic) bond motifs is 3. The third-order valence-electron chi connectivity index (χ3n) is 6.44. The first kappa shape index (κ1) is 23.1. The van der Waals surface area contributed by atoms with Crippen LogP contribution in [-0.4, -0.2) is 20.0 Å². The van der Waals surface area contributed by atoms with Gasteiger partial charge in [0.05, 0.1) is 29.7 Å². The zero-order chi connectivity index (χ0) is 26.1. The Hall–Kier alpha value is -5.36. The molecule has 0 unspecified atom stereocenters. The molecule has 3 heterocycles. The minimum Gasteiger partial charge on any atom is -0.487 e. The van der Waals surface area contributed by atoms with Gasteiger partial charge in [-0.3, -0.25) is 4.79 Å². The summed E-state index contributed by atoms with van der Waals surface area (Å²) in [5, 5.41) is 19.0. The van der Waals surface area contributed by atoms with E-state index in [1.807, 2.05) is 72.9 Å². The van der Waals surface area contributed by atoms with Gasteiger partial charge in [-0.2, -0.15) is 5.26 Å². The number of rotatable bonds is 6. The molecule has 3 N–H and O–H groups in total. The largest absolute Gasteiger partial charge is 0.487 e. The molecule has 0 saturated carbocycles. The average molecular weight is 503 g/mol. The minimum atomic E-state index is -0.715. The molecule has 9 heteroatoms. The summed E-state index contributed by atoms with van der Waals surface area (Å²) >= 11 is 0. The van der Waals surface area contributed by atoms with Gasteiger partial charge in [-0.15, -0.1) is 5.10 Å². The lowest BCUT2D eigenvalue weighted by Crippen LogP contribution is -2.27. The van der Waals surface area contributed by atoms with E-state index in [4.69, 9.17) is 15.2 Å². The van der Waals surface area contributed by atoms with E-state index in [1.165, 1.54) is 0 Å². The predicted molar refractivity (Wildman–Crippen MR) is 140 cm³/mol. The molecule has 0 saturated heterocycles. The van der Waals surface area contributed by atoms with Crippen LogP contribution >= 0.6 is 0 Å². The number of hydrogen-bond acceptors (Lipinski definition) is 7. The fourth-order valence-electron chi connectivity index (χ4n) is 4.70. The second-order valence-corrected chi connectivity index (χ2v) is 8.92. The second kappa shape index (κ2) is 9.59. The van der Waals surface area contributed by atoms with Gasteiger partial charge in [0.1, 0.15) is 35.4 Å². The van der Waals surface area contributed by atoms with Crippen molar-refractivity contribution >= 4 is 10.9 Å². The van der Waals surface area contributed by atoms with Crippen molar-refractivity contribution in [1.82, 2.24) is 20.0 Å². The van der Waals surface area contributed by atoms with Crippen LogP contribution in [0.25, 0.3) is 10.9 Å². The van der Waals surface area contributed by atoms with Gasteiger partial charge in [-0.1, -0.05) is 59.8 Å². The number of nitriles is 1. The van der Waals surface area contributed by atoms with E-state index >= 15 is 0 Å². The van der Waals surface area contributed by atoms with E-state index in [2.05, 4.69) is 21.4 Å². The summed E-state index contributed by atoms with van der Waals surface area (Å²) < 4.78 is 13.6. The quantitative estimate of drug-likeness (QED) is 0.359. The van der Waals surface area contributed by atoms with Crippen molar-refractivity contribution in [1.29, 1.82) is 5.26 Å². The molecule has 38 heavy (non-hydrogen) atoms. The molecule has 0 radical (unpaired) electrons. The number of ether oxygens (including phenoxy) is 2. The number of allylic oxidation sites excluding steroid dienone is 1. The second-order valence-electron chi connectivity index (χ2n) is 8.92. The van der Waals surface area contributed by atoms with Gasteiger partial charge >= 0.3 is 0 Å². The van der Waals surface area contributed by atoms with Crippen LogP contribution in [0.15, 0.2) is 101 Å². The summed E-state index contributed by atoms with van der Waals surface area (Å²) in [6, 6.07) is 26.7. The standard InChI is InChI=1S/C29H22N6O3/c30-14-23-25(26-27(38-28(23)31)22-11-4-5-12-24(22)32-29(26)36)19-9-6-10-21(13-19)37-17-20-16-35(34-33-20)15-18-7-2-1-3-8-18/h1-13,16,25H,15,17,31H2,(H,32,36)/t25-/m1/s1. The minimum absolute atomic E-state index is 0.0258. The molecule has 0 amide bonds. The van der Waals surface area contributed by atoms with Crippen LogP contribution < -0.4 is 20.8 Å². The lowest BCUT2D eigenvalue weighted by atomic mass is 9.83. The number of para-hydroxylation sites is 1. The highest BCUT2D eigenvalue weighted by Crippen LogP contribution is 2.43. The summed E-state index contributed by atoms with van der Waals surface area (Å²) in [5.74, 6) is 0.169. The summed E-state index contributed by atoms with van der Waals surface area (Å²) in [6.45, 7) is 0.817. The number of aromatic nitrogens is 4. The first-order valence-corrected chi connectivity index (χ1v) is 12.0. The predicted octanol–water partition coefficient (Wildman–Crippen LogP) is 3.97. The van der Waals surface area contributed by atoms with E-state index in [-0.39, 0.29) is 23.6 Å². The number of aromatic amines is 1. The van der Waals surface area contributed by atoms with Crippen LogP contribution in [-0.2, 0) is 13.2 Å². The van der Waals surface area contributed by atoms with Crippen LogP contribution in [0.4, 0.5) is 0 Å². The van der Waals surface area contributed by atoms with E-state index < -0.39 is 5.92 Å². The third kappa shape index (κ3) is 4.24. The van der Waals surface area contributed by atoms with E-state index in [1.54, 1.807) is 16.8 Å². The van der Waals surface area contributed by atoms with Gasteiger partial charge in [0.2, 0.25) is 5.88 Å². The molecule has 9 nitrogen and oxygen atoms in total. The lowest BCUT2D eigenvalue weighted by Gasteiger charge is -2.26. The Bertz CT molecular complexity index is 1780. The Kier molecular flexibility index (Phi) is 5.82. The molecule has 1 aliphatic rings. The molecule has 1 atom stereocenters. The number of nitrogens with one attached hydrogen (secondary N) is 1. The number of nitrogens with zero attached hydrogens (tertiary/aromatic N) is 4. The van der Waals surface area contributed by atoms with Gasteiger partial charge in [0.25, 0.3) is 5.56 Å². The molecule has 5 aromatic rings. The first-order valence-electron chi connectivity index (χ1n) is 12.0. The monoisotopic (exact) mass is 502 g/mol. The number of H-pyrrole nitrogens is 1. The molecule has 2 aromatic heterocycles. The maximum atomic E-state index is 13.2. The van der Waals surface area contributed by atoms with Crippen molar-refractivity contribution in [2.75, 3.05) is 0 Å². The molecule has 0 fully saturated rings. The molecule has 0 spiro atoms. The fourth-order valence-corrected chi connectivity index (χ4v) is 4.70. The summed E-state index contributed by atoms with van der Waals surface area (Å²) in [4.78, 5) is 16.1. The zero-order valence-electron chi connectivity index (χ0n) is 20.2. The van der Waals surface area contributed by atoms with Gasteiger partial charge < -0.3 is 20.2 Å². The Labute approximate surface area is 217 Å². The SMILES string of the molecule is N#CC1=C(N)Oc2c(c(=O)[nH]c3ccccc23)[C@@H]1c1cccc(OCc2cn(Cc3ccccc3)nn2)c1. The molecule has 0 bridgehead atoms. The number of benzene rings is 3. The molecule has 1 aliphatic heterocycles. The van der Waals surface area contributed by atoms with E-state index in [0.29, 0.717) is 45.8 Å². The summed E-state index contributed by atoms with van der Waals surface area (Å²) in [7, 11) is 0. The Morgan fingerprint density at radius 1 is 1.08 bits per heavy atom. The van der Waals surface area contributed by atoms with Crippen molar-refractivity contribution in [2.24, 2.45) is 5.73 Å². The normalized spacial score (nSPS) is 14.6. The van der Waals surface area contributed by atoms with E-state index in [0.717, 1.165) is 5.56 Å². The lowest BCUT2D eigenvalue weighted by molar-refractivity contribution is 0.300. The molecular weight excluding hydrogens is 480 g/mol. The summed E-state index contributed by atoms with van der Waals surface area (Å²) in [6.07, 6.45) is 1.84. The molecule has 186 valence electrons. The maximum absolute atomic E-state index is 13.2. The molecule has 6 rings (SSSR count). The Morgan fingerprint density at radius 2 is 1.89 bits per heavy atom. The van der Waals surface area contributed by atoms with Crippen LogP contribution in [0.3, 0.4) is 0 Å². The van der Waals surface area contributed by atoms with Crippen molar-refractivity contribution < 1.29 is 9.47 Å². The van der Waals surface area contributed by atoms with Crippen molar-refractivity contribution in [3.63, 3.8) is 0 Å². The molecule has 3 aromatic carbocycles.